The molecule has 142 valence electrons. The van der Waals surface area contributed by atoms with Crippen LogP contribution in [-0.4, -0.2) is 40.5 Å². The second-order valence-corrected chi connectivity index (χ2v) is 9.97. The van der Waals surface area contributed by atoms with Crippen LogP contribution in [0.5, 0.6) is 0 Å². The van der Waals surface area contributed by atoms with E-state index in [1.807, 2.05) is 31.2 Å². The zero-order valence-corrected chi connectivity index (χ0v) is 16.8. The maximum atomic E-state index is 12.4. The molecule has 6 nitrogen and oxygen atoms in total. The number of nitrogens with zero attached hydrogens (tertiary/aromatic N) is 1. The van der Waals surface area contributed by atoms with Gasteiger partial charge in [0.1, 0.15) is 0 Å². The summed E-state index contributed by atoms with van der Waals surface area (Å²) in [7, 11) is -7.15. The minimum Gasteiger partial charge on any atom is -0.212 e. The fourth-order valence-electron chi connectivity index (χ4n) is 2.62. The third-order valence-corrected chi connectivity index (χ3v) is 6.82. The summed E-state index contributed by atoms with van der Waals surface area (Å²) < 4.78 is 52.7. The monoisotopic (exact) mass is 396 g/mol. The lowest BCUT2D eigenvalue weighted by Gasteiger charge is -2.20. The molecule has 0 saturated heterocycles. The average Bonchev–Trinajstić information content (AvgIpc) is 2.53. The standard InChI is InChI=1S/C18H24N2O4S2/c1-15-7-6-9-17(13-15)14-20(25(3,21)22)12-11-19-26(23,24)18-10-5-4-8-16(18)2/h4-10,13,19H,11-12,14H2,1-3H3. The maximum absolute atomic E-state index is 12.4. The lowest BCUT2D eigenvalue weighted by atomic mass is 10.1. The van der Waals surface area contributed by atoms with Crippen molar-refractivity contribution in [1.82, 2.24) is 9.03 Å². The zero-order chi connectivity index (χ0) is 19.4. The van der Waals surface area contributed by atoms with Gasteiger partial charge in [-0.05, 0) is 31.0 Å². The van der Waals surface area contributed by atoms with Gasteiger partial charge in [0, 0.05) is 19.6 Å². The lowest BCUT2D eigenvalue weighted by Crippen LogP contribution is -2.37. The molecule has 0 radical (unpaired) electrons. The molecule has 0 bridgehead atoms. The van der Waals surface area contributed by atoms with E-state index in [-0.39, 0.29) is 24.5 Å². The van der Waals surface area contributed by atoms with Crippen LogP contribution in [0.2, 0.25) is 0 Å². The zero-order valence-electron chi connectivity index (χ0n) is 15.1. The van der Waals surface area contributed by atoms with Crippen LogP contribution in [0.1, 0.15) is 16.7 Å². The average molecular weight is 397 g/mol. The van der Waals surface area contributed by atoms with Gasteiger partial charge in [-0.3, -0.25) is 0 Å². The van der Waals surface area contributed by atoms with E-state index in [9.17, 15) is 16.8 Å². The third kappa shape index (κ3) is 5.63. The highest BCUT2D eigenvalue weighted by Gasteiger charge is 2.20. The van der Waals surface area contributed by atoms with Crippen molar-refractivity contribution in [2.75, 3.05) is 19.3 Å². The summed E-state index contributed by atoms with van der Waals surface area (Å²) in [6.07, 6.45) is 1.12. The van der Waals surface area contributed by atoms with Crippen LogP contribution >= 0.6 is 0 Å². The molecule has 26 heavy (non-hydrogen) atoms. The number of aryl methyl sites for hydroxylation is 2. The molecule has 0 fully saturated rings. The third-order valence-electron chi connectivity index (χ3n) is 3.95. The molecule has 0 amide bonds. The lowest BCUT2D eigenvalue weighted by molar-refractivity contribution is 0.412. The van der Waals surface area contributed by atoms with Crippen molar-refractivity contribution in [3.8, 4) is 0 Å². The summed E-state index contributed by atoms with van der Waals surface area (Å²) in [5.41, 5.74) is 2.54. The molecular weight excluding hydrogens is 372 g/mol. The van der Waals surface area contributed by atoms with Gasteiger partial charge in [0.05, 0.1) is 11.2 Å². The first-order chi connectivity index (χ1) is 12.1. The van der Waals surface area contributed by atoms with Crippen LogP contribution in [0.4, 0.5) is 0 Å². The predicted octanol–water partition coefficient (Wildman–Crippen LogP) is 2.04. The van der Waals surface area contributed by atoms with Gasteiger partial charge in [0.15, 0.2) is 0 Å². The highest BCUT2D eigenvalue weighted by molar-refractivity contribution is 7.89. The number of hydrogen-bond donors (Lipinski definition) is 1. The molecule has 0 aliphatic carbocycles. The van der Waals surface area contributed by atoms with Crippen molar-refractivity contribution in [3.63, 3.8) is 0 Å². The smallest absolute Gasteiger partial charge is 0.212 e. The Hall–Kier alpha value is -1.74. The van der Waals surface area contributed by atoms with Crippen LogP contribution in [0.25, 0.3) is 0 Å². The van der Waals surface area contributed by atoms with E-state index < -0.39 is 20.0 Å². The van der Waals surface area contributed by atoms with E-state index in [0.717, 1.165) is 17.4 Å². The molecule has 0 aromatic heterocycles. The second kappa shape index (κ2) is 8.30. The topological polar surface area (TPSA) is 83.6 Å². The van der Waals surface area contributed by atoms with Gasteiger partial charge in [-0.2, -0.15) is 4.31 Å². The van der Waals surface area contributed by atoms with Crippen molar-refractivity contribution in [2.24, 2.45) is 0 Å². The Morgan fingerprint density at radius 2 is 1.65 bits per heavy atom. The Morgan fingerprint density at radius 3 is 2.27 bits per heavy atom. The van der Waals surface area contributed by atoms with E-state index in [1.165, 1.54) is 10.4 Å². The molecule has 0 aliphatic rings. The van der Waals surface area contributed by atoms with Gasteiger partial charge in [0.2, 0.25) is 20.0 Å². The number of sulfonamides is 2. The summed E-state index contributed by atoms with van der Waals surface area (Å²) in [6, 6.07) is 14.2. The highest BCUT2D eigenvalue weighted by atomic mass is 32.2. The molecule has 0 unspecified atom stereocenters. The largest absolute Gasteiger partial charge is 0.240 e. The summed E-state index contributed by atoms with van der Waals surface area (Å²) >= 11 is 0. The Morgan fingerprint density at radius 1 is 0.962 bits per heavy atom. The van der Waals surface area contributed by atoms with E-state index in [1.54, 1.807) is 25.1 Å². The Balaban J connectivity index is 2.07. The van der Waals surface area contributed by atoms with Gasteiger partial charge in [0.25, 0.3) is 0 Å². The van der Waals surface area contributed by atoms with Crippen molar-refractivity contribution >= 4 is 20.0 Å². The van der Waals surface area contributed by atoms with Gasteiger partial charge in [-0.15, -0.1) is 0 Å². The van der Waals surface area contributed by atoms with Gasteiger partial charge in [-0.1, -0.05) is 48.0 Å². The van der Waals surface area contributed by atoms with Gasteiger partial charge < -0.3 is 0 Å². The highest BCUT2D eigenvalue weighted by Crippen LogP contribution is 2.14. The van der Waals surface area contributed by atoms with Crippen LogP contribution in [0, 0.1) is 13.8 Å². The Labute approximate surface area is 156 Å². The van der Waals surface area contributed by atoms with Crippen molar-refractivity contribution in [1.29, 1.82) is 0 Å². The molecule has 0 spiro atoms. The molecule has 2 aromatic carbocycles. The number of hydrogen-bond acceptors (Lipinski definition) is 4. The minimum atomic E-state index is -3.68. The fraction of sp³-hybridized carbons (Fsp3) is 0.333. The summed E-state index contributed by atoms with van der Waals surface area (Å²) in [5.74, 6) is 0. The van der Waals surface area contributed by atoms with E-state index in [2.05, 4.69) is 4.72 Å². The molecular formula is C18H24N2O4S2. The Bertz CT molecular complexity index is 970. The first kappa shape index (κ1) is 20.6. The molecule has 0 saturated carbocycles. The molecule has 8 heteroatoms. The summed E-state index contributed by atoms with van der Waals surface area (Å²) in [6.45, 7) is 3.90. The first-order valence-corrected chi connectivity index (χ1v) is 11.5. The van der Waals surface area contributed by atoms with Crippen molar-refractivity contribution < 1.29 is 16.8 Å². The first-order valence-electron chi connectivity index (χ1n) is 8.15. The predicted molar refractivity (Wildman–Crippen MR) is 103 cm³/mol. The van der Waals surface area contributed by atoms with E-state index in [4.69, 9.17) is 0 Å². The molecule has 0 aliphatic heterocycles. The van der Waals surface area contributed by atoms with Crippen LogP contribution < -0.4 is 4.72 Å². The fourth-order valence-corrected chi connectivity index (χ4v) is 4.69. The molecule has 2 aromatic rings. The molecule has 2 rings (SSSR count). The summed E-state index contributed by atoms with van der Waals surface area (Å²) in [5, 5.41) is 0. The normalized spacial score (nSPS) is 12.5. The number of nitrogens with one attached hydrogen (secondary N) is 1. The Kier molecular flexibility index (Phi) is 6.57. The van der Waals surface area contributed by atoms with E-state index >= 15 is 0 Å². The number of benzene rings is 2. The molecule has 1 N–H and O–H groups in total. The quantitative estimate of drug-likeness (QED) is 0.740. The van der Waals surface area contributed by atoms with Crippen LogP contribution in [0.3, 0.4) is 0 Å². The molecule has 0 atom stereocenters. The van der Waals surface area contributed by atoms with Crippen LogP contribution in [-0.2, 0) is 26.6 Å². The van der Waals surface area contributed by atoms with E-state index in [0.29, 0.717) is 5.56 Å². The molecule has 0 heterocycles. The summed E-state index contributed by atoms with van der Waals surface area (Å²) in [4.78, 5) is 0.199. The second-order valence-electron chi connectivity index (χ2n) is 6.25. The van der Waals surface area contributed by atoms with Gasteiger partial charge >= 0.3 is 0 Å². The minimum absolute atomic E-state index is 0.00441. The van der Waals surface area contributed by atoms with Crippen molar-refractivity contribution in [2.45, 2.75) is 25.3 Å². The maximum Gasteiger partial charge on any atom is 0.240 e. The number of rotatable bonds is 8. The van der Waals surface area contributed by atoms with Crippen molar-refractivity contribution in [3.05, 3.63) is 65.2 Å². The SMILES string of the molecule is Cc1cccc(CN(CCNS(=O)(=O)c2ccccc2C)S(C)(=O)=O)c1. The van der Waals surface area contributed by atoms with Gasteiger partial charge in [-0.25, -0.2) is 21.6 Å². The van der Waals surface area contributed by atoms with Crippen LogP contribution in [0.15, 0.2) is 53.4 Å².